The molecule has 24 heavy (non-hydrogen) atoms. The first-order chi connectivity index (χ1) is 11.1. The fourth-order valence-electron chi connectivity index (χ4n) is 2.98. The molecule has 1 aliphatic rings. The van der Waals surface area contributed by atoms with Gasteiger partial charge in [0.1, 0.15) is 11.6 Å². The maximum Gasteiger partial charge on any atom is 0.293 e. The highest BCUT2D eigenvalue weighted by atomic mass is 35.5. The average Bonchev–Trinajstić information content (AvgIpc) is 3.28. The van der Waals surface area contributed by atoms with Crippen molar-refractivity contribution in [3.8, 4) is 23.0 Å². The second-order valence-electron chi connectivity index (χ2n) is 5.96. The van der Waals surface area contributed by atoms with Gasteiger partial charge in [0.25, 0.3) is 5.89 Å². The van der Waals surface area contributed by atoms with Gasteiger partial charge >= 0.3 is 0 Å². The van der Waals surface area contributed by atoms with Crippen molar-refractivity contribution in [2.24, 2.45) is 5.73 Å². The SMILES string of the molecule is Cl.NC1(c2noc(-c3ccc(-c4ccc(F)cc4)o3)n2)CCCC1. The number of hydrogen-bond acceptors (Lipinski definition) is 5. The van der Waals surface area contributed by atoms with Crippen LogP contribution in [0.1, 0.15) is 31.5 Å². The van der Waals surface area contributed by atoms with Crippen molar-refractivity contribution in [2.75, 3.05) is 0 Å². The molecule has 0 bridgehead atoms. The molecule has 1 fully saturated rings. The number of aromatic nitrogens is 2. The first kappa shape index (κ1) is 16.7. The van der Waals surface area contributed by atoms with E-state index in [2.05, 4.69) is 10.1 Å². The predicted octanol–water partition coefficient (Wildman–Crippen LogP) is 4.29. The van der Waals surface area contributed by atoms with Crippen LogP contribution in [0.15, 0.2) is 45.3 Å². The Hall–Kier alpha value is -2.18. The Bertz CT molecular complexity index is 822. The van der Waals surface area contributed by atoms with E-state index in [1.54, 1.807) is 24.3 Å². The van der Waals surface area contributed by atoms with Gasteiger partial charge in [-0.3, -0.25) is 0 Å². The van der Waals surface area contributed by atoms with Crippen LogP contribution >= 0.6 is 12.4 Å². The molecule has 0 amide bonds. The van der Waals surface area contributed by atoms with Crippen molar-refractivity contribution in [2.45, 2.75) is 31.2 Å². The summed E-state index contributed by atoms with van der Waals surface area (Å²) in [6, 6.07) is 9.64. The Morgan fingerprint density at radius 1 is 1.00 bits per heavy atom. The molecular formula is C17H17ClFN3O2. The molecule has 2 aromatic heterocycles. The van der Waals surface area contributed by atoms with E-state index in [4.69, 9.17) is 14.7 Å². The van der Waals surface area contributed by atoms with Crippen LogP contribution in [0.5, 0.6) is 0 Å². The van der Waals surface area contributed by atoms with Crippen molar-refractivity contribution < 1.29 is 13.3 Å². The Balaban J connectivity index is 0.00000169. The summed E-state index contributed by atoms with van der Waals surface area (Å²) in [5, 5.41) is 4.02. The largest absolute Gasteiger partial charge is 0.451 e. The molecule has 0 radical (unpaired) electrons. The van der Waals surface area contributed by atoms with Crippen molar-refractivity contribution in [3.63, 3.8) is 0 Å². The van der Waals surface area contributed by atoms with Gasteiger partial charge in [0.15, 0.2) is 11.6 Å². The Morgan fingerprint density at radius 2 is 1.67 bits per heavy atom. The second kappa shape index (κ2) is 6.37. The van der Waals surface area contributed by atoms with Crippen LogP contribution in [-0.4, -0.2) is 10.1 Å². The highest BCUT2D eigenvalue weighted by Gasteiger charge is 2.36. The van der Waals surface area contributed by atoms with Gasteiger partial charge < -0.3 is 14.7 Å². The molecule has 0 spiro atoms. The first-order valence-electron chi connectivity index (χ1n) is 7.63. The van der Waals surface area contributed by atoms with E-state index < -0.39 is 5.54 Å². The number of rotatable bonds is 3. The van der Waals surface area contributed by atoms with Gasteiger partial charge in [-0.05, 0) is 49.2 Å². The van der Waals surface area contributed by atoms with Gasteiger partial charge in [0.2, 0.25) is 0 Å². The van der Waals surface area contributed by atoms with E-state index in [0.29, 0.717) is 23.2 Å². The zero-order valence-corrected chi connectivity index (χ0v) is 13.7. The van der Waals surface area contributed by atoms with Crippen LogP contribution in [0.3, 0.4) is 0 Å². The van der Waals surface area contributed by atoms with Crippen LogP contribution in [0, 0.1) is 5.82 Å². The fraction of sp³-hybridized carbons (Fsp3) is 0.294. The summed E-state index contributed by atoms with van der Waals surface area (Å²) in [5.41, 5.74) is 6.62. The molecule has 0 unspecified atom stereocenters. The van der Waals surface area contributed by atoms with E-state index in [9.17, 15) is 4.39 Å². The van der Waals surface area contributed by atoms with E-state index in [0.717, 1.165) is 31.2 Å². The lowest BCUT2D eigenvalue weighted by Gasteiger charge is -2.17. The molecule has 0 aliphatic heterocycles. The van der Waals surface area contributed by atoms with Crippen molar-refractivity contribution in [1.29, 1.82) is 0 Å². The highest BCUT2D eigenvalue weighted by molar-refractivity contribution is 5.85. The molecule has 4 rings (SSSR count). The summed E-state index contributed by atoms with van der Waals surface area (Å²) in [7, 11) is 0. The number of halogens is 2. The molecule has 1 aromatic carbocycles. The van der Waals surface area contributed by atoms with Gasteiger partial charge in [-0.15, -0.1) is 12.4 Å². The number of furan rings is 1. The van der Waals surface area contributed by atoms with E-state index >= 15 is 0 Å². The molecule has 0 atom stereocenters. The number of nitrogens with two attached hydrogens (primary N) is 1. The number of benzene rings is 1. The lowest BCUT2D eigenvalue weighted by molar-refractivity contribution is 0.368. The van der Waals surface area contributed by atoms with Gasteiger partial charge in [-0.2, -0.15) is 4.98 Å². The summed E-state index contributed by atoms with van der Waals surface area (Å²) in [4.78, 5) is 4.40. The Morgan fingerprint density at radius 3 is 2.38 bits per heavy atom. The average molecular weight is 350 g/mol. The van der Waals surface area contributed by atoms with Gasteiger partial charge in [-0.25, -0.2) is 4.39 Å². The predicted molar refractivity (Wildman–Crippen MR) is 89.0 cm³/mol. The molecule has 2 N–H and O–H groups in total. The van der Waals surface area contributed by atoms with Gasteiger partial charge in [-0.1, -0.05) is 18.0 Å². The standard InChI is InChI=1S/C17H16FN3O2.ClH/c18-12-5-3-11(4-6-12)13-7-8-14(22-13)15-20-16(21-23-15)17(19)9-1-2-10-17;/h3-8H,1-2,9-10,19H2;1H. The summed E-state index contributed by atoms with van der Waals surface area (Å²) in [5.74, 6) is 1.65. The topological polar surface area (TPSA) is 78.1 Å². The highest BCUT2D eigenvalue weighted by Crippen LogP contribution is 2.36. The minimum atomic E-state index is -0.492. The lowest BCUT2D eigenvalue weighted by Crippen LogP contribution is -2.34. The molecule has 3 aromatic rings. The molecule has 2 heterocycles. The summed E-state index contributed by atoms with van der Waals surface area (Å²) in [6.07, 6.45) is 3.89. The molecule has 0 saturated heterocycles. The fourth-order valence-corrected chi connectivity index (χ4v) is 2.98. The number of hydrogen-bond donors (Lipinski definition) is 1. The minimum Gasteiger partial charge on any atom is -0.451 e. The lowest BCUT2D eigenvalue weighted by atomic mass is 9.99. The second-order valence-corrected chi connectivity index (χ2v) is 5.96. The normalized spacial score (nSPS) is 16.1. The summed E-state index contributed by atoms with van der Waals surface area (Å²) in [6.45, 7) is 0. The van der Waals surface area contributed by atoms with Crippen LogP contribution in [0.25, 0.3) is 23.0 Å². The van der Waals surface area contributed by atoms with Crippen molar-refractivity contribution >= 4 is 12.4 Å². The summed E-state index contributed by atoms with van der Waals surface area (Å²) >= 11 is 0. The van der Waals surface area contributed by atoms with E-state index in [-0.39, 0.29) is 18.2 Å². The van der Waals surface area contributed by atoms with Crippen LogP contribution in [0.2, 0.25) is 0 Å². The van der Waals surface area contributed by atoms with Crippen LogP contribution < -0.4 is 5.73 Å². The Labute approximate surface area is 144 Å². The molecule has 7 heteroatoms. The zero-order valence-electron chi connectivity index (χ0n) is 12.9. The van der Waals surface area contributed by atoms with Crippen LogP contribution in [-0.2, 0) is 5.54 Å². The van der Waals surface area contributed by atoms with Crippen molar-refractivity contribution in [3.05, 3.63) is 48.0 Å². The van der Waals surface area contributed by atoms with E-state index in [1.807, 2.05) is 0 Å². The summed E-state index contributed by atoms with van der Waals surface area (Å²) < 4.78 is 24.0. The Kier molecular flexibility index (Phi) is 4.43. The smallest absolute Gasteiger partial charge is 0.293 e. The number of nitrogens with zero attached hydrogens (tertiary/aromatic N) is 2. The molecule has 1 aliphatic carbocycles. The first-order valence-corrected chi connectivity index (χ1v) is 7.63. The molecular weight excluding hydrogens is 333 g/mol. The van der Waals surface area contributed by atoms with Gasteiger partial charge in [0.05, 0.1) is 5.54 Å². The third kappa shape index (κ3) is 2.95. The van der Waals surface area contributed by atoms with E-state index in [1.165, 1.54) is 12.1 Å². The maximum atomic E-state index is 13.0. The van der Waals surface area contributed by atoms with Crippen molar-refractivity contribution in [1.82, 2.24) is 10.1 Å². The minimum absolute atomic E-state index is 0. The maximum absolute atomic E-state index is 13.0. The molecule has 126 valence electrons. The third-order valence-corrected chi connectivity index (χ3v) is 4.31. The third-order valence-electron chi connectivity index (χ3n) is 4.31. The van der Waals surface area contributed by atoms with Crippen LogP contribution in [0.4, 0.5) is 4.39 Å². The molecule has 5 nitrogen and oxygen atoms in total. The van der Waals surface area contributed by atoms with Gasteiger partial charge in [0, 0.05) is 5.56 Å². The zero-order chi connectivity index (χ0) is 15.9. The monoisotopic (exact) mass is 349 g/mol. The quantitative estimate of drug-likeness (QED) is 0.763. The molecule has 1 saturated carbocycles.